The number of hydrogen-bond donors (Lipinski definition) is 0. The molecule has 1 saturated heterocycles. The Bertz CT molecular complexity index is 447. The van der Waals surface area contributed by atoms with Crippen molar-refractivity contribution in [2.75, 3.05) is 19.6 Å². The fourth-order valence-corrected chi connectivity index (χ4v) is 2.91. The molecular weight excluding hydrogens is 269 g/mol. The molecule has 1 aliphatic heterocycles. The lowest BCUT2D eigenvalue weighted by molar-refractivity contribution is 0.0943. The van der Waals surface area contributed by atoms with Crippen LogP contribution in [0.4, 0.5) is 0 Å². The van der Waals surface area contributed by atoms with Gasteiger partial charge in [0.15, 0.2) is 5.78 Å². The van der Waals surface area contributed by atoms with Gasteiger partial charge in [0.25, 0.3) is 0 Å². The second kappa shape index (κ2) is 6.05. The van der Waals surface area contributed by atoms with Crippen LogP contribution in [0.3, 0.4) is 0 Å². The second-order valence-electron chi connectivity index (χ2n) is 4.85. The lowest BCUT2D eigenvalue weighted by Gasteiger charge is -2.15. The third-order valence-electron chi connectivity index (χ3n) is 3.55. The minimum atomic E-state index is 0.0772. The maximum absolute atomic E-state index is 12.2. The van der Waals surface area contributed by atoms with E-state index < -0.39 is 0 Å². The van der Waals surface area contributed by atoms with Gasteiger partial charge in [0.1, 0.15) is 0 Å². The van der Waals surface area contributed by atoms with E-state index in [1.54, 1.807) is 18.2 Å². The molecule has 1 unspecified atom stereocenters. The first-order valence-electron chi connectivity index (χ1n) is 6.30. The first kappa shape index (κ1) is 13.9. The molecule has 0 bridgehead atoms. The molecule has 1 aromatic rings. The SMILES string of the molecule is CCC1CCN(CC(=O)c2ccc(Cl)cc2Cl)C1. The van der Waals surface area contributed by atoms with E-state index in [-0.39, 0.29) is 5.78 Å². The first-order valence-corrected chi connectivity index (χ1v) is 7.06. The zero-order chi connectivity index (χ0) is 13.1. The number of Topliss-reactive ketones (excluding diaryl/α,β-unsaturated/α-hetero) is 1. The molecular formula is C14H17Cl2NO. The number of likely N-dealkylation sites (tertiary alicyclic amines) is 1. The van der Waals surface area contributed by atoms with Crippen LogP contribution in [-0.4, -0.2) is 30.3 Å². The molecule has 0 amide bonds. The zero-order valence-corrected chi connectivity index (χ0v) is 12.0. The summed E-state index contributed by atoms with van der Waals surface area (Å²) in [4.78, 5) is 14.4. The minimum Gasteiger partial charge on any atom is -0.296 e. The van der Waals surface area contributed by atoms with E-state index in [0.29, 0.717) is 22.2 Å². The Morgan fingerprint density at radius 1 is 1.44 bits per heavy atom. The Morgan fingerprint density at radius 3 is 2.83 bits per heavy atom. The molecule has 1 aromatic carbocycles. The Hall–Kier alpha value is -0.570. The summed E-state index contributed by atoms with van der Waals surface area (Å²) >= 11 is 11.9. The molecule has 18 heavy (non-hydrogen) atoms. The van der Waals surface area contributed by atoms with Gasteiger partial charge in [0, 0.05) is 17.1 Å². The van der Waals surface area contributed by atoms with Gasteiger partial charge in [0.2, 0.25) is 0 Å². The Labute approximate surface area is 118 Å². The monoisotopic (exact) mass is 285 g/mol. The highest BCUT2D eigenvalue weighted by molar-refractivity contribution is 6.36. The van der Waals surface area contributed by atoms with E-state index in [2.05, 4.69) is 11.8 Å². The van der Waals surface area contributed by atoms with Crippen LogP contribution in [0.2, 0.25) is 10.0 Å². The third kappa shape index (κ3) is 3.25. The Morgan fingerprint density at radius 2 is 2.22 bits per heavy atom. The summed E-state index contributed by atoms with van der Waals surface area (Å²) in [6.45, 7) is 4.69. The molecule has 2 rings (SSSR count). The fraction of sp³-hybridized carbons (Fsp3) is 0.500. The summed E-state index contributed by atoms with van der Waals surface area (Å²) < 4.78 is 0. The molecule has 1 fully saturated rings. The van der Waals surface area contributed by atoms with Crippen LogP contribution in [0, 0.1) is 5.92 Å². The molecule has 1 aliphatic rings. The highest BCUT2D eigenvalue weighted by atomic mass is 35.5. The lowest BCUT2D eigenvalue weighted by atomic mass is 10.1. The van der Waals surface area contributed by atoms with Gasteiger partial charge >= 0.3 is 0 Å². The van der Waals surface area contributed by atoms with Gasteiger partial charge in [-0.2, -0.15) is 0 Å². The number of ketones is 1. The van der Waals surface area contributed by atoms with Crippen LogP contribution in [0.5, 0.6) is 0 Å². The predicted molar refractivity (Wildman–Crippen MR) is 75.6 cm³/mol. The molecule has 98 valence electrons. The Kier molecular flexibility index (Phi) is 4.66. The number of nitrogens with zero attached hydrogens (tertiary/aromatic N) is 1. The van der Waals surface area contributed by atoms with Crippen molar-refractivity contribution in [3.63, 3.8) is 0 Å². The quantitative estimate of drug-likeness (QED) is 0.782. The summed E-state index contributed by atoms with van der Waals surface area (Å²) in [5.74, 6) is 0.812. The van der Waals surface area contributed by atoms with E-state index in [1.165, 1.54) is 12.8 Å². The van der Waals surface area contributed by atoms with E-state index >= 15 is 0 Å². The van der Waals surface area contributed by atoms with Crippen molar-refractivity contribution in [3.05, 3.63) is 33.8 Å². The predicted octanol–water partition coefficient (Wildman–Crippen LogP) is 3.91. The molecule has 0 aromatic heterocycles. The fourth-order valence-electron chi connectivity index (χ4n) is 2.39. The van der Waals surface area contributed by atoms with Gasteiger partial charge in [0.05, 0.1) is 11.6 Å². The van der Waals surface area contributed by atoms with Crippen molar-refractivity contribution < 1.29 is 4.79 Å². The van der Waals surface area contributed by atoms with Gasteiger partial charge in [-0.3, -0.25) is 9.69 Å². The third-order valence-corrected chi connectivity index (χ3v) is 4.09. The number of carbonyl (C=O) groups is 1. The van der Waals surface area contributed by atoms with Crippen molar-refractivity contribution in [1.82, 2.24) is 4.90 Å². The van der Waals surface area contributed by atoms with Crippen LogP contribution in [0.1, 0.15) is 30.1 Å². The standard InChI is InChI=1S/C14H17Cl2NO/c1-2-10-5-6-17(8-10)9-14(18)12-4-3-11(15)7-13(12)16/h3-4,7,10H,2,5-6,8-9H2,1H3. The summed E-state index contributed by atoms with van der Waals surface area (Å²) in [5, 5.41) is 1.00. The molecule has 4 heteroatoms. The number of rotatable bonds is 4. The zero-order valence-electron chi connectivity index (χ0n) is 10.5. The van der Waals surface area contributed by atoms with Gasteiger partial charge in [-0.15, -0.1) is 0 Å². The number of hydrogen-bond acceptors (Lipinski definition) is 2. The average Bonchev–Trinajstić information content (AvgIpc) is 2.76. The van der Waals surface area contributed by atoms with E-state index in [4.69, 9.17) is 23.2 Å². The normalized spacial score (nSPS) is 20.3. The van der Waals surface area contributed by atoms with Crippen LogP contribution < -0.4 is 0 Å². The van der Waals surface area contributed by atoms with Crippen molar-refractivity contribution in [2.45, 2.75) is 19.8 Å². The first-order chi connectivity index (χ1) is 8.60. The molecule has 0 saturated carbocycles. The summed E-state index contributed by atoms with van der Waals surface area (Å²) in [7, 11) is 0. The van der Waals surface area contributed by atoms with Crippen molar-refractivity contribution in [2.24, 2.45) is 5.92 Å². The summed E-state index contributed by atoms with van der Waals surface area (Å²) in [6.07, 6.45) is 2.38. The van der Waals surface area contributed by atoms with Crippen LogP contribution in [0.15, 0.2) is 18.2 Å². The average molecular weight is 286 g/mol. The van der Waals surface area contributed by atoms with Crippen molar-refractivity contribution in [3.8, 4) is 0 Å². The summed E-state index contributed by atoms with van der Waals surface area (Å²) in [5.41, 5.74) is 0.570. The molecule has 0 aliphatic carbocycles. The number of halogens is 2. The topological polar surface area (TPSA) is 20.3 Å². The van der Waals surface area contributed by atoms with Crippen LogP contribution in [0.25, 0.3) is 0 Å². The highest BCUT2D eigenvalue weighted by Gasteiger charge is 2.23. The molecule has 0 radical (unpaired) electrons. The highest BCUT2D eigenvalue weighted by Crippen LogP contribution is 2.23. The van der Waals surface area contributed by atoms with Crippen LogP contribution in [-0.2, 0) is 0 Å². The largest absolute Gasteiger partial charge is 0.296 e. The smallest absolute Gasteiger partial charge is 0.178 e. The molecule has 2 nitrogen and oxygen atoms in total. The summed E-state index contributed by atoms with van der Waals surface area (Å²) in [6, 6.07) is 5.04. The molecule has 1 atom stereocenters. The van der Waals surface area contributed by atoms with E-state index in [0.717, 1.165) is 19.0 Å². The second-order valence-corrected chi connectivity index (χ2v) is 5.69. The maximum atomic E-state index is 12.2. The van der Waals surface area contributed by atoms with Gasteiger partial charge in [-0.05, 0) is 37.1 Å². The molecule has 1 heterocycles. The Balaban J connectivity index is 2.00. The number of carbonyl (C=O) groups excluding carboxylic acids is 1. The molecule has 0 N–H and O–H groups in total. The van der Waals surface area contributed by atoms with Crippen molar-refractivity contribution >= 4 is 29.0 Å². The van der Waals surface area contributed by atoms with Gasteiger partial charge < -0.3 is 0 Å². The lowest BCUT2D eigenvalue weighted by Crippen LogP contribution is -2.28. The van der Waals surface area contributed by atoms with Gasteiger partial charge in [-0.1, -0.05) is 36.5 Å². The molecule has 0 spiro atoms. The van der Waals surface area contributed by atoms with E-state index in [9.17, 15) is 4.79 Å². The maximum Gasteiger partial charge on any atom is 0.178 e. The van der Waals surface area contributed by atoms with Crippen molar-refractivity contribution in [1.29, 1.82) is 0 Å². The number of benzene rings is 1. The van der Waals surface area contributed by atoms with Crippen LogP contribution >= 0.6 is 23.2 Å². The minimum absolute atomic E-state index is 0.0772. The van der Waals surface area contributed by atoms with Gasteiger partial charge in [-0.25, -0.2) is 0 Å². The van der Waals surface area contributed by atoms with E-state index in [1.807, 2.05) is 0 Å².